The quantitative estimate of drug-likeness (QED) is 0.194. The lowest BCUT2D eigenvalue weighted by molar-refractivity contribution is -0.136. The Kier molecular flexibility index (Phi) is 6.55. The maximum Gasteiger partial charge on any atom is 0.384 e. The maximum absolute atomic E-state index is 11.2. The van der Waals surface area contributed by atoms with Gasteiger partial charge >= 0.3 is 5.97 Å². The molecule has 1 aliphatic rings. The van der Waals surface area contributed by atoms with Crippen LogP contribution in [0.5, 0.6) is 0 Å². The number of rotatable bonds is 2. The molecule has 0 unspecified atom stereocenters. The van der Waals surface area contributed by atoms with Gasteiger partial charge in [0.2, 0.25) is 0 Å². The number of halogens is 1. The zero-order valence-electron chi connectivity index (χ0n) is 9.59. The predicted octanol–water partition coefficient (Wildman–Crippen LogP) is 3.10. The molecule has 0 saturated heterocycles. The molecule has 0 N–H and O–H groups in total. The van der Waals surface area contributed by atoms with E-state index in [0.29, 0.717) is 6.61 Å². The van der Waals surface area contributed by atoms with Crippen molar-refractivity contribution >= 4 is 28.6 Å². The van der Waals surface area contributed by atoms with Crippen LogP contribution in [0.2, 0.25) is 0 Å². The van der Waals surface area contributed by atoms with Crippen LogP contribution in [0, 0.1) is 17.8 Å². The van der Waals surface area contributed by atoms with E-state index < -0.39 is 0 Å². The molecule has 1 rings (SSSR count). The molecular weight excluding hydrogens is 315 g/mol. The largest absolute Gasteiger partial charge is 0.456 e. The van der Waals surface area contributed by atoms with Crippen molar-refractivity contribution in [2.24, 2.45) is 5.92 Å². The zero-order chi connectivity index (χ0) is 11.8. The Balaban J connectivity index is 2.69. The average Bonchev–Trinajstić information content (AvgIpc) is 2.30. The summed E-state index contributed by atoms with van der Waals surface area (Å²) in [7, 11) is 0. The molecule has 0 spiro atoms. The second-order valence-corrected chi connectivity index (χ2v) is 5.05. The van der Waals surface area contributed by atoms with Crippen molar-refractivity contribution in [2.45, 2.75) is 32.6 Å². The summed E-state index contributed by atoms with van der Waals surface area (Å²) in [6.45, 7) is 2.61. The van der Waals surface area contributed by atoms with Gasteiger partial charge < -0.3 is 4.74 Å². The van der Waals surface area contributed by atoms with E-state index in [2.05, 4.69) is 47.4 Å². The number of allylic oxidation sites excluding steroid dienone is 2. The first kappa shape index (κ1) is 13.6. The fourth-order valence-corrected chi connectivity index (χ4v) is 2.29. The van der Waals surface area contributed by atoms with Gasteiger partial charge in [-0.1, -0.05) is 40.2 Å². The topological polar surface area (TPSA) is 26.3 Å². The highest BCUT2D eigenvalue weighted by Crippen LogP contribution is 2.14. The minimum absolute atomic E-state index is 0.289. The van der Waals surface area contributed by atoms with Gasteiger partial charge in [0.15, 0.2) is 0 Å². The summed E-state index contributed by atoms with van der Waals surface area (Å²) in [5.74, 6) is 5.51. The number of carbonyl (C=O) groups is 1. The van der Waals surface area contributed by atoms with Crippen LogP contribution < -0.4 is 0 Å². The molecule has 0 aromatic rings. The fraction of sp³-hybridized carbons (Fsp3) is 0.615. The van der Waals surface area contributed by atoms with Gasteiger partial charge in [0.1, 0.15) is 0 Å². The molecule has 0 saturated carbocycles. The van der Waals surface area contributed by atoms with Gasteiger partial charge in [0.25, 0.3) is 0 Å². The highest BCUT2D eigenvalue weighted by Gasteiger charge is 2.06. The van der Waals surface area contributed by atoms with Crippen molar-refractivity contribution in [1.29, 1.82) is 0 Å². The third-order valence-electron chi connectivity index (χ3n) is 2.54. The smallest absolute Gasteiger partial charge is 0.384 e. The Morgan fingerprint density at radius 3 is 3.19 bits per heavy atom. The normalized spacial score (nSPS) is 25.5. The lowest BCUT2D eigenvalue weighted by atomic mass is 10.0. The summed E-state index contributed by atoms with van der Waals surface area (Å²) in [6.07, 6.45) is 6.14. The van der Waals surface area contributed by atoms with Gasteiger partial charge in [0.05, 0.1) is 6.61 Å². The molecule has 0 aromatic heterocycles. The minimum atomic E-state index is -0.377. The summed E-state index contributed by atoms with van der Waals surface area (Å²) < 4.78 is 6.08. The number of cyclic esters (lactones) is 1. The number of hydrogen-bond acceptors (Lipinski definition) is 2. The van der Waals surface area contributed by atoms with Crippen LogP contribution >= 0.6 is 22.6 Å². The monoisotopic (exact) mass is 332 g/mol. The Labute approximate surface area is 111 Å². The summed E-state index contributed by atoms with van der Waals surface area (Å²) in [5, 5.41) is 0. The van der Waals surface area contributed by atoms with Crippen LogP contribution in [-0.4, -0.2) is 17.0 Å². The highest BCUT2D eigenvalue weighted by molar-refractivity contribution is 14.1. The third kappa shape index (κ3) is 5.55. The molecule has 1 atom stereocenters. The molecule has 0 radical (unpaired) electrons. The van der Waals surface area contributed by atoms with Crippen LogP contribution in [0.15, 0.2) is 11.6 Å². The number of carbonyl (C=O) groups excluding carboxylic acids is 1. The van der Waals surface area contributed by atoms with Gasteiger partial charge in [-0.2, -0.15) is 0 Å². The summed E-state index contributed by atoms with van der Waals surface area (Å²) in [4.78, 5) is 11.2. The highest BCUT2D eigenvalue weighted by atomic mass is 127. The molecule has 0 aromatic carbocycles. The van der Waals surface area contributed by atoms with E-state index in [9.17, 15) is 4.79 Å². The van der Waals surface area contributed by atoms with Gasteiger partial charge in [-0.15, -0.1) is 0 Å². The van der Waals surface area contributed by atoms with Gasteiger partial charge in [-0.25, -0.2) is 4.79 Å². The number of alkyl halides is 1. The van der Waals surface area contributed by atoms with E-state index in [1.54, 1.807) is 0 Å². The van der Waals surface area contributed by atoms with E-state index in [4.69, 9.17) is 4.74 Å². The van der Waals surface area contributed by atoms with Crippen molar-refractivity contribution in [3.05, 3.63) is 11.6 Å². The van der Waals surface area contributed by atoms with Crippen LogP contribution in [0.25, 0.3) is 0 Å². The fourth-order valence-electron chi connectivity index (χ4n) is 1.54. The lowest BCUT2D eigenvalue weighted by Crippen LogP contribution is -2.03. The Bertz CT molecular complexity index is 323. The molecule has 1 heterocycles. The van der Waals surface area contributed by atoms with Crippen molar-refractivity contribution in [1.82, 2.24) is 0 Å². The Hall–Kier alpha value is -0.500. The maximum atomic E-state index is 11.2. The van der Waals surface area contributed by atoms with E-state index in [-0.39, 0.29) is 11.9 Å². The van der Waals surface area contributed by atoms with E-state index in [1.165, 1.54) is 5.57 Å². The first-order valence-corrected chi connectivity index (χ1v) is 7.15. The molecule has 3 heteroatoms. The van der Waals surface area contributed by atoms with Gasteiger partial charge in [0, 0.05) is 16.3 Å². The Morgan fingerprint density at radius 2 is 2.44 bits per heavy atom. The minimum Gasteiger partial charge on any atom is -0.456 e. The van der Waals surface area contributed by atoms with E-state index in [0.717, 1.165) is 30.1 Å². The number of esters is 1. The zero-order valence-corrected chi connectivity index (χ0v) is 11.7. The summed E-state index contributed by atoms with van der Waals surface area (Å²) in [5.41, 5.74) is 1.37. The molecule has 2 nitrogen and oxygen atoms in total. The lowest BCUT2D eigenvalue weighted by Gasteiger charge is -2.05. The van der Waals surface area contributed by atoms with Crippen molar-refractivity contribution < 1.29 is 9.53 Å². The number of hydrogen-bond donors (Lipinski definition) is 0. The average molecular weight is 332 g/mol. The molecule has 0 amide bonds. The number of ether oxygens (including phenoxy) is 1. The van der Waals surface area contributed by atoms with Crippen molar-refractivity contribution in [3.8, 4) is 11.8 Å². The second-order valence-electron chi connectivity index (χ2n) is 3.97. The third-order valence-corrected chi connectivity index (χ3v) is 3.16. The summed E-state index contributed by atoms with van der Waals surface area (Å²) >= 11 is 2.34. The molecule has 88 valence electrons. The first-order valence-electron chi connectivity index (χ1n) is 5.62. The molecule has 0 aliphatic carbocycles. The second kappa shape index (κ2) is 7.72. The van der Waals surface area contributed by atoms with Crippen LogP contribution in [0.1, 0.15) is 32.6 Å². The SMILES string of the molecule is C/C1=C/C[C@H](CCI)C#CC(=O)OCCC1. The molecule has 1 aliphatic heterocycles. The van der Waals surface area contributed by atoms with Crippen LogP contribution in [-0.2, 0) is 9.53 Å². The van der Waals surface area contributed by atoms with Crippen molar-refractivity contribution in [3.63, 3.8) is 0 Å². The van der Waals surface area contributed by atoms with Crippen LogP contribution in [0.3, 0.4) is 0 Å². The molecule has 0 bridgehead atoms. The van der Waals surface area contributed by atoms with Crippen molar-refractivity contribution in [2.75, 3.05) is 11.0 Å². The van der Waals surface area contributed by atoms with Gasteiger partial charge in [-0.3, -0.25) is 0 Å². The Morgan fingerprint density at radius 1 is 1.62 bits per heavy atom. The van der Waals surface area contributed by atoms with E-state index >= 15 is 0 Å². The van der Waals surface area contributed by atoms with Crippen LogP contribution in [0.4, 0.5) is 0 Å². The van der Waals surface area contributed by atoms with Gasteiger partial charge in [-0.05, 0) is 32.6 Å². The molecular formula is C13H17IO2. The standard InChI is InChI=1S/C13H17IO2/c1-11-3-2-10-16-13(15)7-6-12(5-4-11)8-9-14/h4,12H,2-3,5,8-10H2,1H3/b11-4-/t12-/m0/s1. The van der Waals surface area contributed by atoms with E-state index in [1.807, 2.05) is 0 Å². The molecule has 0 fully saturated rings. The first-order chi connectivity index (χ1) is 7.72. The molecule has 16 heavy (non-hydrogen) atoms. The summed E-state index contributed by atoms with van der Waals surface area (Å²) in [6, 6.07) is 0. The predicted molar refractivity (Wildman–Crippen MR) is 73.3 cm³/mol.